The van der Waals surface area contributed by atoms with Crippen molar-refractivity contribution in [1.29, 1.82) is 0 Å². The van der Waals surface area contributed by atoms with E-state index in [0.717, 1.165) is 10.4 Å². The maximum absolute atomic E-state index is 13.4. The van der Waals surface area contributed by atoms with Crippen LogP contribution in [0.4, 0.5) is 11.4 Å². The van der Waals surface area contributed by atoms with Crippen LogP contribution in [-0.2, 0) is 23.6 Å². The first-order valence-corrected chi connectivity index (χ1v) is 13.1. The molecule has 180 valence electrons. The molecule has 0 fully saturated rings. The Morgan fingerprint density at radius 3 is 2.26 bits per heavy atom. The number of carbonyl (C=O) groups is 2. The fourth-order valence-electron chi connectivity index (χ4n) is 3.44. The number of carboxylic acids is 1. The molecule has 1 atom stereocenters. The lowest BCUT2D eigenvalue weighted by molar-refractivity contribution is -0.140. The van der Waals surface area contributed by atoms with Crippen molar-refractivity contribution in [2.45, 2.75) is 25.9 Å². The van der Waals surface area contributed by atoms with Crippen LogP contribution in [0.25, 0.3) is 10.4 Å². The van der Waals surface area contributed by atoms with Crippen molar-refractivity contribution in [2.24, 2.45) is 0 Å². The standard InChI is InChI=1S/C24H27N2O6PS/c1-4-31-33(30,32-5-2)24(3,23(28)29)18-11-8-16(9-12-18)22(27)26-20-15-17(10-13-19(20)25)21-7-6-14-34-21/h6-15H,4-5,25H2,1-3H3,(H,26,27)(H,28,29). The number of nitrogens with one attached hydrogen (secondary N) is 1. The van der Waals surface area contributed by atoms with Gasteiger partial charge in [0.1, 0.15) is 0 Å². The van der Waals surface area contributed by atoms with Crippen LogP contribution in [0.5, 0.6) is 0 Å². The van der Waals surface area contributed by atoms with Gasteiger partial charge < -0.3 is 25.2 Å². The molecular weight excluding hydrogens is 475 g/mol. The number of nitrogens with two attached hydrogens (primary N) is 1. The molecule has 8 nitrogen and oxygen atoms in total. The van der Waals surface area contributed by atoms with Crippen molar-refractivity contribution < 1.29 is 28.3 Å². The molecule has 3 aromatic rings. The summed E-state index contributed by atoms with van der Waals surface area (Å²) in [7, 11) is -4.06. The highest BCUT2D eigenvalue weighted by Crippen LogP contribution is 2.65. The summed E-state index contributed by atoms with van der Waals surface area (Å²) in [5, 5.41) is 12.8. The lowest BCUT2D eigenvalue weighted by Crippen LogP contribution is -2.34. The number of anilines is 2. The second kappa shape index (κ2) is 10.5. The molecule has 34 heavy (non-hydrogen) atoms. The van der Waals surface area contributed by atoms with Crippen molar-refractivity contribution in [3.8, 4) is 10.4 Å². The van der Waals surface area contributed by atoms with E-state index in [1.54, 1.807) is 37.3 Å². The van der Waals surface area contributed by atoms with E-state index in [-0.39, 0.29) is 24.3 Å². The minimum atomic E-state index is -4.06. The summed E-state index contributed by atoms with van der Waals surface area (Å²) in [6.07, 6.45) is 0. The Morgan fingerprint density at radius 2 is 1.74 bits per heavy atom. The number of nitrogen functional groups attached to an aromatic ring is 1. The molecule has 0 saturated heterocycles. The molecule has 4 N–H and O–H groups in total. The molecule has 2 aromatic carbocycles. The van der Waals surface area contributed by atoms with Crippen molar-refractivity contribution in [2.75, 3.05) is 24.3 Å². The van der Waals surface area contributed by atoms with E-state index in [4.69, 9.17) is 14.8 Å². The highest BCUT2D eigenvalue weighted by Gasteiger charge is 2.55. The number of rotatable bonds is 10. The van der Waals surface area contributed by atoms with Gasteiger partial charge in [0.05, 0.1) is 24.6 Å². The largest absolute Gasteiger partial charge is 0.480 e. The molecule has 0 aliphatic heterocycles. The third-order valence-corrected chi connectivity index (χ3v) is 9.04. The first kappa shape index (κ1) is 25.6. The average molecular weight is 503 g/mol. The first-order chi connectivity index (χ1) is 16.2. The summed E-state index contributed by atoms with van der Waals surface area (Å²) in [6, 6.07) is 15.1. The minimum absolute atomic E-state index is 0.0204. The van der Waals surface area contributed by atoms with Crippen molar-refractivity contribution in [3.05, 3.63) is 71.1 Å². The Balaban J connectivity index is 1.89. The van der Waals surface area contributed by atoms with Crippen LogP contribution in [0.1, 0.15) is 36.7 Å². The van der Waals surface area contributed by atoms with Gasteiger partial charge >= 0.3 is 13.6 Å². The van der Waals surface area contributed by atoms with Crippen LogP contribution >= 0.6 is 18.9 Å². The third-order valence-electron chi connectivity index (χ3n) is 5.38. The van der Waals surface area contributed by atoms with Gasteiger partial charge in [-0.25, -0.2) is 0 Å². The summed E-state index contributed by atoms with van der Waals surface area (Å²) >= 11 is 1.58. The van der Waals surface area contributed by atoms with Gasteiger partial charge in [0, 0.05) is 10.4 Å². The van der Waals surface area contributed by atoms with Gasteiger partial charge in [0.15, 0.2) is 5.16 Å². The molecule has 0 aliphatic carbocycles. The number of benzene rings is 2. The second-order valence-corrected chi connectivity index (χ2v) is 10.9. The quantitative estimate of drug-likeness (QED) is 0.236. The molecule has 1 unspecified atom stereocenters. The second-order valence-electron chi connectivity index (χ2n) is 7.52. The number of carbonyl (C=O) groups excluding carboxylic acids is 1. The molecule has 0 bridgehead atoms. The molecule has 0 spiro atoms. The summed E-state index contributed by atoms with van der Waals surface area (Å²) < 4.78 is 24.0. The van der Waals surface area contributed by atoms with E-state index in [9.17, 15) is 19.3 Å². The minimum Gasteiger partial charge on any atom is -0.480 e. The number of hydrogen-bond acceptors (Lipinski definition) is 7. The SMILES string of the molecule is CCOP(=O)(OCC)C(C)(C(=O)O)c1ccc(C(=O)Nc2cc(-c3cccs3)ccc2N)cc1. The zero-order valence-electron chi connectivity index (χ0n) is 19.1. The van der Waals surface area contributed by atoms with E-state index in [1.165, 1.54) is 31.2 Å². The zero-order valence-corrected chi connectivity index (χ0v) is 20.8. The first-order valence-electron chi connectivity index (χ1n) is 10.6. The van der Waals surface area contributed by atoms with E-state index in [0.29, 0.717) is 11.4 Å². The summed E-state index contributed by atoms with van der Waals surface area (Å²) in [5.41, 5.74) is 8.33. The predicted octanol–water partition coefficient (Wildman–Crippen LogP) is 5.82. The Labute approximate surface area is 202 Å². The van der Waals surface area contributed by atoms with Crippen LogP contribution in [0.3, 0.4) is 0 Å². The summed E-state index contributed by atoms with van der Waals surface area (Å²) in [6.45, 7) is 4.56. The predicted molar refractivity (Wildman–Crippen MR) is 134 cm³/mol. The topological polar surface area (TPSA) is 128 Å². The number of amides is 1. The van der Waals surface area contributed by atoms with Crippen LogP contribution in [-0.4, -0.2) is 30.2 Å². The van der Waals surface area contributed by atoms with Gasteiger partial charge in [-0.1, -0.05) is 24.3 Å². The number of hydrogen-bond donors (Lipinski definition) is 3. The Bertz CT molecular complexity index is 1200. The van der Waals surface area contributed by atoms with Crippen LogP contribution in [0, 0.1) is 0 Å². The van der Waals surface area contributed by atoms with Crippen molar-refractivity contribution in [1.82, 2.24) is 0 Å². The molecule has 0 aliphatic rings. The summed E-state index contributed by atoms with van der Waals surface area (Å²) in [5.74, 6) is -1.77. The van der Waals surface area contributed by atoms with E-state index in [2.05, 4.69) is 5.32 Å². The number of thiophene rings is 1. The van der Waals surface area contributed by atoms with Gasteiger partial charge in [-0.2, -0.15) is 0 Å². The average Bonchev–Trinajstić information content (AvgIpc) is 3.35. The smallest absolute Gasteiger partial charge is 0.352 e. The van der Waals surface area contributed by atoms with Crippen LogP contribution in [0.15, 0.2) is 60.0 Å². The van der Waals surface area contributed by atoms with Crippen LogP contribution < -0.4 is 11.1 Å². The van der Waals surface area contributed by atoms with E-state index in [1.807, 2.05) is 23.6 Å². The molecule has 1 heterocycles. The molecular formula is C24H27N2O6PS. The maximum atomic E-state index is 13.4. The van der Waals surface area contributed by atoms with Gasteiger partial charge in [-0.15, -0.1) is 11.3 Å². The monoisotopic (exact) mass is 502 g/mol. The van der Waals surface area contributed by atoms with E-state index >= 15 is 0 Å². The molecule has 1 amide bonds. The van der Waals surface area contributed by atoms with Crippen LogP contribution in [0.2, 0.25) is 0 Å². The fraction of sp³-hybridized carbons (Fsp3) is 0.250. The maximum Gasteiger partial charge on any atom is 0.352 e. The van der Waals surface area contributed by atoms with Crippen molar-refractivity contribution in [3.63, 3.8) is 0 Å². The number of aliphatic carboxylic acids is 1. The normalized spacial score (nSPS) is 13.3. The van der Waals surface area contributed by atoms with E-state index < -0.39 is 24.6 Å². The molecule has 3 rings (SSSR count). The highest BCUT2D eigenvalue weighted by molar-refractivity contribution is 7.56. The van der Waals surface area contributed by atoms with Gasteiger partial charge in [-0.3, -0.25) is 14.2 Å². The third kappa shape index (κ3) is 4.93. The highest BCUT2D eigenvalue weighted by atomic mass is 32.1. The Hall–Kier alpha value is -2.97. The lowest BCUT2D eigenvalue weighted by atomic mass is 9.98. The van der Waals surface area contributed by atoms with Gasteiger partial charge in [-0.05, 0) is 67.6 Å². The summed E-state index contributed by atoms with van der Waals surface area (Å²) in [4.78, 5) is 26.1. The van der Waals surface area contributed by atoms with Crippen molar-refractivity contribution >= 4 is 42.2 Å². The molecule has 0 saturated carbocycles. The molecule has 1 aromatic heterocycles. The molecule has 0 radical (unpaired) electrons. The Morgan fingerprint density at radius 1 is 1.09 bits per heavy atom. The zero-order chi connectivity index (χ0) is 24.9. The molecule has 10 heteroatoms. The fourth-order valence-corrected chi connectivity index (χ4v) is 6.13. The number of carboxylic acid groups (broad SMARTS) is 1. The van der Waals surface area contributed by atoms with Gasteiger partial charge in [0.2, 0.25) is 0 Å². The van der Waals surface area contributed by atoms with Gasteiger partial charge in [0.25, 0.3) is 5.91 Å². The Kier molecular flexibility index (Phi) is 7.94. The lowest BCUT2D eigenvalue weighted by Gasteiger charge is -2.32.